The van der Waals surface area contributed by atoms with Crippen LogP contribution in [-0.2, 0) is 6.54 Å². The van der Waals surface area contributed by atoms with Crippen molar-refractivity contribution in [3.05, 3.63) is 29.6 Å². The average Bonchev–Trinajstić information content (AvgIpc) is 2.55. The molecule has 1 aromatic rings. The van der Waals surface area contributed by atoms with Gasteiger partial charge in [0.15, 0.2) is 0 Å². The van der Waals surface area contributed by atoms with E-state index in [0.717, 1.165) is 37.7 Å². The fraction of sp³-hybridized carbons (Fsp3) is 0.600. The van der Waals surface area contributed by atoms with Crippen molar-refractivity contribution >= 4 is 0 Å². The highest BCUT2D eigenvalue weighted by atomic mass is 19.1. The lowest BCUT2D eigenvalue weighted by atomic mass is 10.1. The Morgan fingerprint density at radius 1 is 1.26 bits per heavy atom. The molecule has 0 spiro atoms. The summed E-state index contributed by atoms with van der Waals surface area (Å²) in [5, 5.41) is 13.0. The third-order valence-electron chi connectivity index (χ3n) is 3.52. The van der Waals surface area contributed by atoms with E-state index in [1.54, 1.807) is 0 Å². The van der Waals surface area contributed by atoms with Gasteiger partial charge in [0.2, 0.25) is 0 Å². The Balaban J connectivity index is 2.08. The summed E-state index contributed by atoms with van der Waals surface area (Å²) in [5.41, 5.74) is 0.848. The lowest BCUT2D eigenvalue weighted by molar-refractivity contribution is 0.0317. The molecule has 0 amide bonds. The van der Waals surface area contributed by atoms with Crippen LogP contribution in [0, 0.1) is 5.82 Å². The molecular formula is C15H22FNO2. The van der Waals surface area contributed by atoms with E-state index >= 15 is 0 Å². The number of rotatable bonds is 4. The summed E-state index contributed by atoms with van der Waals surface area (Å²) in [7, 11) is 1.82. The molecule has 106 valence electrons. The number of ether oxygens (including phenoxy) is 1. The minimum atomic E-state index is -0.446. The van der Waals surface area contributed by atoms with E-state index in [0.29, 0.717) is 12.3 Å². The molecule has 3 nitrogen and oxygen atoms in total. The molecule has 0 saturated heterocycles. The lowest BCUT2D eigenvalue weighted by Crippen LogP contribution is -2.30. The third kappa shape index (κ3) is 4.18. The molecule has 4 heteroatoms. The van der Waals surface area contributed by atoms with Crippen molar-refractivity contribution in [2.45, 2.75) is 50.9 Å². The van der Waals surface area contributed by atoms with Crippen molar-refractivity contribution in [3.8, 4) is 5.75 Å². The molecule has 2 rings (SSSR count). The smallest absolute Gasteiger partial charge is 0.127 e. The minimum absolute atomic E-state index is 0.216. The van der Waals surface area contributed by atoms with E-state index < -0.39 is 6.10 Å². The maximum Gasteiger partial charge on any atom is 0.127 e. The van der Waals surface area contributed by atoms with Gasteiger partial charge in [-0.15, -0.1) is 0 Å². The second-order valence-electron chi connectivity index (χ2n) is 5.19. The Bertz CT molecular complexity index is 411. The Labute approximate surface area is 113 Å². The van der Waals surface area contributed by atoms with E-state index in [9.17, 15) is 9.50 Å². The van der Waals surface area contributed by atoms with Gasteiger partial charge in [0, 0.05) is 12.6 Å². The molecule has 1 aliphatic carbocycles. The van der Waals surface area contributed by atoms with Gasteiger partial charge in [-0.25, -0.2) is 4.39 Å². The van der Waals surface area contributed by atoms with Crippen molar-refractivity contribution in [3.63, 3.8) is 0 Å². The van der Waals surface area contributed by atoms with Crippen molar-refractivity contribution in [1.82, 2.24) is 5.32 Å². The van der Waals surface area contributed by atoms with Gasteiger partial charge in [-0.05, 0) is 44.0 Å². The second kappa shape index (κ2) is 6.87. The number of benzene rings is 1. The van der Waals surface area contributed by atoms with Gasteiger partial charge >= 0.3 is 0 Å². The predicted octanol–water partition coefficient (Wildman–Crippen LogP) is 2.62. The monoisotopic (exact) mass is 267 g/mol. The van der Waals surface area contributed by atoms with Crippen LogP contribution >= 0.6 is 0 Å². The number of hydrogen-bond donors (Lipinski definition) is 2. The first-order valence-electron chi connectivity index (χ1n) is 6.98. The summed E-state index contributed by atoms with van der Waals surface area (Å²) < 4.78 is 19.3. The standard InChI is InChI=1S/C15H22FNO2/c1-17-10-11-7-12(16)9-13(8-11)19-15-6-4-2-3-5-14(15)18/h7-9,14-15,17-18H,2-6,10H2,1H3. The van der Waals surface area contributed by atoms with Crippen molar-refractivity contribution in [1.29, 1.82) is 0 Å². The highest BCUT2D eigenvalue weighted by Crippen LogP contribution is 2.24. The van der Waals surface area contributed by atoms with E-state index in [4.69, 9.17) is 4.74 Å². The molecule has 0 bridgehead atoms. The van der Waals surface area contributed by atoms with Crippen molar-refractivity contribution in [2.75, 3.05) is 7.05 Å². The Morgan fingerprint density at radius 3 is 2.84 bits per heavy atom. The van der Waals surface area contributed by atoms with Gasteiger partial charge < -0.3 is 15.2 Å². The molecule has 0 aliphatic heterocycles. The van der Waals surface area contributed by atoms with Gasteiger partial charge in [0.25, 0.3) is 0 Å². The number of halogens is 1. The number of aliphatic hydroxyl groups is 1. The van der Waals surface area contributed by atoms with Crippen LogP contribution in [0.15, 0.2) is 18.2 Å². The Hall–Kier alpha value is -1.13. The van der Waals surface area contributed by atoms with Crippen molar-refractivity contribution in [2.24, 2.45) is 0 Å². The fourth-order valence-electron chi connectivity index (χ4n) is 2.56. The van der Waals surface area contributed by atoms with Crippen LogP contribution in [0.25, 0.3) is 0 Å². The molecule has 0 aromatic heterocycles. The summed E-state index contributed by atoms with van der Waals surface area (Å²) in [5.74, 6) is 0.210. The molecule has 19 heavy (non-hydrogen) atoms. The average molecular weight is 267 g/mol. The summed E-state index contributed by atoms with van der Waals surface area (Å²) >= 11 is 0. The van der Waals surface area contributed by atoms with Crippen LogP contribution in [0.5, 0.6) is 5.75 Å². The molecule has 1 saturated carbocycles. The summed E-state index contributed by atoms with van der Waals surface area (Å²) in [6, 6.07) is 4.71. The summed E-state index contributed by atoms with van der Waals surface area (Å²) in [4.78, 5) is 0. The minimum Gasteiger partial charge on any atom is -0.488 e. The summed E-state index contributed by atoms with van der Waals surface area (Å²) in [6.45, 7) is 0.599. The van der Waals surface area contributed by atoms with Gasteiger partial charge in [-0.2, -0.15) is 0 Å². The van der Waals surface area contributed by atoms with Gasteiger partial charge in [-0.1, -0.05) is 12.8 Å². The fourth-order valence-corrected chi connectivity index (χ4v) is 2.56. The van der Waals surface area contributed by atoms with E-state index in [1.165, 1.54) is 12.1 Å². The normalized spacial score (nSPS) is 23.9. The van der Waals surface area contributed by atoms with E-state index in [1.807, 2.05) is 13.1 Å². The molecule has 0 heterocycles. The zero-order valence-corrected chi connectivity index (χ0v) is 11.4. The molecule has 2 atom stereocenters. The first-order valence-corrected chi connectivity index (χ1v) is 6.98. The van der Waals surface area contributed by atoms with Crippen LogP contribution in [0.4, 0.5) is 4.39 Å². The maximum absolute atomic E-state index is 13.5. The van der Waals surface area contributed by atoms with Crippen LogP contribution in [-0.4, -0.2) is 24.4 Å². The largest absolute Gasteiger partial charge is 0.488 e. The number of aliphatic hydroxyl groups excluding tert-OH is 1. The SMILES string of the molecule is CNCc1cc(F)cc(OC2CCCCCC2O)c1. The van der Waals surface area contributed by atoms with Crippen LogP contribution in [0.3, 0.4) is 0 Å². The first-order chi connectivity index (χ1) is 9.19. The molecule has 2 N–H and O–H groups in total. The van der Waals surface area contributed by atoms with Crippen LogP contribution < -0.4 is 10.1 Å². The lowest BCUT2D eigenvalue weighted by Gasteiger charge is -2.22. The highest BCUT2D eigenvalue weighted by molar-refractivity contribution is 5.30. The van der Waals surface area contributed by atoms with Gasteiger partial charge in [0.05, 0.1) is 6.10 Å². The molecule has 2 unspecified atom stereocenters. The highest BCUT2D eigenvalue weighted by Gasteiger charge is 2.23. The number of nitrogens with one attached hydrogen (secondary N) is 1. The zero-order chi connectivity index (χ0) is 13.7. The quantitative estimate of drug-likeness (QED) is 0.824. The van der Waals surface area contributed by atoms with Crippen LogP contribution in [0.2, 0.25) is 0 Å². The Kier molecular flexibility index (Phi) is 5.16. The van der Waals surface area contributed by atoms with Crippen LogP contribution in [0.1, 0.15) is 37.7 Å². The van der Waals surface area contributed by atoms with Crippen molar-refractivity contribution < 1.29 is 14.2 Å². The van der Waals surface area contributed by atoms with E-state index in [2.05, 4.69) is 5.32 Å². The molecule has 0 radical (unpaired) electrons. The second-order valence-corrected chi connectivity index (χ2v) is 5.19. The molecule has 1 aromatic carbocycles. The summed E-state index contributed by atoms with van der Waals surface area (Å²) in [6.07, 6.45) is 4.16. The molecule has 1 aliphatic rings. The first kappa shape index (κ1) is 14.3. The Morgan fingerprint density at radius 2 is 2.05 bits per heavy atom. The number of hydrogen-bond acceptors (Lipinski definition) is 3. The topological polar surface area (TPSA) is 41.5 Å². The van der Waals surface area contributed by atoms with Gasteiger partial charge in [0.1, 0.15) is 17.7 Å². The van der Waals surface area contributed by atoms with E-state index in [-0.39, 0.29) is 11.9 Å². The van der Waals surface area contributed by atoms with Gasteiger partial charge in [-0.3, -0.25) is 0 Å². The molecular weight excluding hydrogens is 245 g/mol. The zero-order valence-electron chi connectivity index (χ0n) is 11.4. The third-order valence-corrected chi connectivity index (χ3v) is 3.52. The predicted molar refractivity (Wildman–Crippen MR) is 72.7 cm³/mol. The maximum atomic E-state index is 13.5. The molecule has 1 fully saturated rings.